The zero-order chi connectivity index (χ0) is 24.9. The maximum atomic E-state index is 12.9. The van der Waals surface area contributed by atoms with E-state index in [1.165, 1.54) is 5.56 Å². The van der Waals surface area contributed by atoms with Crippen molar-refractivity contribution in [2.24, 2.45) is 0 Å². The highest BCUT2D eigenvalue weighted by Gasteiger charge is 2.37. The van der Waals surface area contributed by atoms with Crippen molar-refractivity contribution in [3.05, 3.63) is 62.5 Å². The molecule has 2 aliphatic heterocycles. The summed E-state index contributed by atoms with van der Waals surface area (Å²) in [7, 11) is 1.55. The van der Waals surface area contributed by atoms with E-state index < -0.39 is 11.1 Å². The fraction of sp³-hybridized carbons (Fsp3) is 0.346. The van der Waals surface area contributed by atoms with Crippen LogP contribution in [0.5, 0.6) is 11.5 Å². The van der Waals surface area contributed by atoms with Crippen molar-refractivity contribution < 1.29 is 23.9 Å². The third-order valence-electron chi connectivity index (χ3n) is 5.96. The molecule has 0 saturated carbocycles. The summed E-state index contributed by atoms with van der Waals surface area (Å²) in [6.07, 6.45) is 4.64. The lowest BCUT2D eigenvalue weighted by Gasteiger charge is -2.27. The number of nitrogens with zero attached hydrogens (tertiary/aromatic N) is 2. The largest absolute Gasteiger partial charge is 0.493 e. The van der Waals surface area contributed by atoms with E-state index in [0.29, 0.717) is 41.2 Å². The molecule has 35 heavy (non-hydrogen) atoms. The fourth-order valence-corrected chi connectivity index (χ4v) is 5.20. The first-order valence-corrected chi connectivity index (χ1v) is 13.1. The summed E-state index contributed by atoms with van der Waals surface area (Å²) in [5.74, 6) is 0.408. The van der Waals surface area contributed by atoms with Gasteiger partial charge in [0, 0.05) is 17.6 Å². The van der Waals surface area contributed by atoms with Crippen LogP contribution in [0.1, 0.15) is 36.0 Å². The SMILES string of the molecule is COc1cc(/C=C2\SC(=O)N(CC(=O)N3CCCCC3)C2=O)c(Br)cc1OCc1ccc(C)cc1. The van der Waals surface area contributed by atoms with E-state index in [1.807, 2.05) is 31.2 Å². The highest BCUT2D eigenvalue weighted by Crippen LogP contribution is 2.38. The summed E-state index contributed by atoms with van der Waals surface area (Å²) in [5, 5.41) is -0.437. The predicted octanol–water partition coefficient (Wildman–Crippen LogP) is 5.39. The molecule has 2 saturated heterocycles. The Kier molecular flexibility index (Phi) is 8.18. The first-order chi connectivity index (χ1) is 16.9. The Balaban J connectivity index is 1.48. The number of hydrogen-bond donors (Lipinski definition) is 0. The minimum Gasteiger partial charge on any atom is -0.493 e. The number of thioether (sulfide) groups is 1. The number of ether oxygens (including phenoxy) is 2. The van der Waals surface area contributed by atoms with E-state index in [2.05, 4.69) is 15.9 Å². The van der Waals surface area contributed by atoms with Crippen LogP contribution in [0.4, 0.5) is 4.79 Å². The highest BCUT2D eigenvalue weighted by molar-refractivity contribution is 9.10. The number of aryl methyl sites for hydroxylation is 1. The summed E-state index contributed by atoms with van der Waals surface area (Å²) in [5.41, 5.74) is 2.88. The molecule has 7 nitrogen and oxygen atoms in total. The number of amides is 3. The number of methoxy groups -OCH3 is 1. The Morgan fingerprint density at radius 1 is 1.09 bits per heavy atom. The van der Waals surface area contributed by atoms with Crippen LogP contribution in [-0.4, -0.2) is 53.6 Å². The smallest absolute Gasteiger partial charge is 0.294 e. The third-order valence-corrected chi connectivity index (χ3v) is 7.55. The van der Waals surface area contributed by atoms with Crippen molar-refractivity contribution in [3.63, 3.8) is 0 Å². The lowest BCUT2D eigenvalue weighted by atomic mass is 10.1. The molecular formula is C26H27BrN2O5S. The molecule has 4 rings (SSSR count). The summed E-state index contributed by atoms with van der Waals surface area (Å²) in [6, 6.07) is 11.6. The molecule has 0 aliphatic carbocycles. The zero-order valence-electron chi connectivity index (χ0n) is 19.7. The zero-order valence-corrected chi connectivity index (χ0v) is 22.1. The first kappa shape index (κ1) is 25.3. The molecule has 184 valence electrons. The summed E-state index contributed by atoms with van der Waals surface area (Å²) < 4.78 is 12.2. The van der Waals surface area contributed by atoms with Crippen molar-refractivity contribution in [1.82, 2.24) is 9.80 Å². The molecule has 0 unspecified atom stereocenters. The van der Waals surface area contributed by atoms with Gasteiger partial charge < -0.3 is 14.4 Å². The molecule has 2 aromatic carbocycles. The summed E-state index contributed by atoms with van der Waals surface area (Å²) in [6.45, 7) is 3.54. The molecule has 0 radical (unpaired) electrons. The van der Waals surface area contributed by atoms with Crippen molar-refractivity contribution in [2.75, 3.05) is 26.7 Å². The average molecular weight is 559 g/mol. The van der Waals surface area contributed by atoms with Crippen LogP contribution in [0.15, 0.2) is 45.8 Å². The van der Waals surface area contributed by atoms with Crippen molar-refractivity contribution in [2.45, 2.75) is 32.8 Å². The lowest BCUT2D eigenvalue weighted by molar-refractivity contribution is -0.136. The molecule has 2 aromatic rings. The minimum atomic E-state index is -0.462. The number of hydrogen-bond acceptors (Lipinski definition) is 6. The van der Waals surface area contributed by atoms with Gasteiger partial charge in [0.2, 0.25) is 5.91 Å². The van der Waals surface area contributed by atoms with Crippen LogP contribution in [0.25, 0.3) is 6.08 Å². The minimum absolute atomic E-state index is 0.189. The van der Waals surface area contributed by atoms with Crippen LogP contribution in [0, 0.1) is 6.92 Å². The topological polar surface area (TPSA) is 76.2 Å². The van der Waals surface area contributed by atoms with Gasteiger partial charge in [-0.05, 0) is 67.3 Å². The lowest BCUT2D eigenvalue weighted by Crippen LogP contribution is -2.44. The number of likely N-dealkylation sites (tertiary alicyclic amines) is 1. The molecule has 9 heteroatoms. The number of halogens is 1. The third kappa shape index (κ3) is 6.08. The fourth-order valence-electron chi connectivity index (χ4n) is 3.94. The second-order valence-electron chi connectivity index (χ2n) is 8.51. The second kappa shape index (κ2) is 11.3. The Morgan fingerprint density at radius 2 is 1.80 bits per heavy atom. The van der Waals surface area contributed by atoms with Crippen LogP contribution < -0.4 is 9.47 Å². The molecule has 0 aromatic heterocycles. The Labute approximate surface area is 217 Å². The van der Waals surface area contributed by atoms with Gasteiger partial charge in [-0.3, -0.25) is 19.3 Å². The number of piperidine rings is 1. The molecule has 2 heterocycles. The number of benzene rings is 2. The van der Waals surface area contributed by atoms with E-state index in [0.717, 1.165) is 41.5 Å². The van der Waals surface area contributed by atoms with E-state index in [-0.39, 0.29) is 17.4 Å². The summed E-state index contributed by atoms with van der Waals surface area (Å²) in [4.78, 5) is 41.0. The van der Waals surface area contributed by atoms with E-state index >= 15 is 0 Å². The molecule has 0 atom stereocenters. The number of rotatable bonds is 7. The maximum Gasteiger partial charge on any atom is 0.294 e. The van der Waals surface area contributed by atoms with Crippen molar-refractivity contribution in [3.8, 4) is 11.5 Å². The molecule has 3 amide bonds. The molecule has 0 bridgehead atoms. The molecule has 0 N–H and O–H groups in total. The molecular weight excluding hydrogens is 532 g/mol. The van der Waals surface area contributed by atoms with Crippen LogP contribution in [0.2, 0.25) is 0 Å². The van der Waals surface area contributed by atoms with Gasteiger partial charge in [0.05, 0.1) is 12.0 Å². The van der Waals surface area contributed by atoms with Gasteiger partial charge in [-0.25, -0.2) is 0 Å². The quantitative estimate of drug-likeness (QED) is 0.424. The van der Waals surface area contributed by atoms with Gasteiger partial charge in [0.15, 0.2) is 11.5 Å². The molecule has 2 fully saturated rings. The van der Waals surface area contributed by atoms with E-state index in [4.69, 9.17) is 9.47 Å². The van der Waals surface area contributed by atoms with Crippen LogP contribution in [0.3, 0.4) is 0 Å². The predicted molar refractivity (Wildman–Crippen MR) is 139 cm³/mol. The normalized spacial score (nSPS) is 17.3. The van der Waals surface area contributed by atoms with Gasteiger partial charge in [-0.2, -0.15) is 0 Å². The van der Waals surface area contributed by atoms with Gasteiger partial charge >= 0.3 is 0 Å². The number of carbonyl (C=O) groups is 3. The summed E-state index contributed by atoms with van der Waals surface area (Å²) >= 11 is 4.37. The van der Waals surface area contributed by atoms with Gasteiger partial charge in [-0.1, -0.05) is 45.8 Å². The number of carbonyl (C=O) groups excluding carboxylic acids is 3. The monoisotopic (exact) mass is 558 g/mol. The van der Waals surface area contributed by atoms with E-state index in [1.54, 1.807) is 30.2 Å². The van der Waals surface area contributed by atoms with Crippen LogP contribution in [-0.2, 0) is 16.2 Å². The molecule has 0 spiro atoms. The van der Waals surface area contributed by atoms with Crippen LogP contribution >= 0.6 is 27.7 Å². The van der Waals surface area contributed by atoms with Crippen molar-refractivity contribution in [1.29, 1.82) is 0 Å². The Bertz CT molecular complexity index is 1160. The Hall–Kier alpha value is -2.78. The van der Waals surface area contributed by atoms with Gasteiger partial charge in [0.25, 0.3) is 11.1 Å². The number of imide groups is 1. The standard InChI is InChI=1S/C26H27BrN2O5S/c1-17-6-8-18(9-7-17)16-34-22-14-20(27)19(12-21(22)33-2)13-23-25(31)29(26(32)35-23)15-24(30)28-10-4-3-5-11-28/h6-9,12-14H,3-5,10-11,15-16H2,1-2H3/b23-13-. The van der Waals surface area contributed by atoms with Crippen molar-refractivity contribution >= 4 is 50.8 Å². The highest BCUT2D eigenvalue weighted by atomic mass is 79.9. The Morgan fingerprint density at radius 3 is 2.49 bits per heavy atom. The van der Waals surface area contributed by atoms with Gasteiger partial charge in [-0.15, -0.1) is 0 Å². The first-order valence-electron chi connectivity index (χ1n) is 11.4. The second-order valence-corrected chi connectivity index (χ2v) is 10.4. The maximum absolute atomic E-state index is 12.9. The molecule has 2 aliphatic rings. The van der Waals surface area contributed by atoms with E-state index in [9.17, 15) is 14.4 Å². The average Bonchev–Trinajstić information content (AvgIpc) is 3.12. The van der Waals surface area contributed by atoms with Gasteiger partial charge in [0.1, 0.15) is 13.2 Å².